The Morgan fingerprint density at radius 1 is 1.21 bits per heavy atom. The van der Waals surface area contributed by atoms with Gasteiger partial charge in [0.25, 0.3) is 0 Å². The average molecular weight is 560 g/mol. The molecule has 0 bridgehead atoms. The molecule has 0 amide bonds. The van der Waals surface area contributed by atoms with Crippen LogP contribution in [-0.4, -0.2) is 43.9 Å². The maximum absolute atomic E-state index is 13.6. The third-order valence-corrected chi connectivity index (χ3v) is 6.92. The largest absolute Gasteiger partial charge is 0.493 e. The van der Waals surface area contributed by atoms with E-state index in [1.54, 1.807) is 32.0 Å². The van der Waals surface area contributed by atoms with Crippen molar-refractivity contribution in [3.63, 3.8) is 0 Å². The Kier molecular flexibility index (Phi) is 7.68. The Hall–Kier alpha value is -3.58. The first-order valence-electron chi connectivity index (χ1n) is 12.0. The molecule has 39 heavy (non-hydrogen) atoms. The SMILES string of the molecule is COc1cc(C(=O)CCC(C)(O)c2cc3c(c(-c4ccc(F)cc4)n2)OCC3(C)N)ccc1OCS(N)(=O)=O. The van der Waals surface area contributed by atoms with E-state index in [0.717, 1.165) is 0 Å². The molecule has 0 aliphatic carbocycles. The van der Waals surface area contributed by atoms with Crippen molar-refractivity contribution in [3.05, 3.63) is 71.2 Å². The topological polar surface area (TPSA) is 164 Å². The van der Waals surface area contributed by atoms with Crippen molar-refractivity contribution in [2.75, 3.05) is 19.7 Å². The number of fused-ring (bicyclic) bond motifs is 1. The molecule has 0 spiro atoms. The lowest BCUT2D eigenvalue weighted by molar-refractivity contribution is 0.0396. The van der Waals surface area contributed by atoms with Gasteiger partial charge in [-0.25, -0.2) is 22.9 Å². The zero-order chi connectivity index (χ0) is 28.6. The van der Waals surface area contributed by atoms with E-state index < -0.39 is 32.9 Å². The van der Waals surface area contributed by atoms with Crippen molar-refractivity contribution in [3.8, 4) is 28.5 Å². The van der Waals surface area contributed by atoms with Crippen LogP contribution in [-0.2, 0) is 21.2 Å². The van der Waals surface area contributed by atoms with Gasteiger partial charge in [-0.05, 0) is 68.8 Å². The number of aromatic nitrogens is 1. The van der Waals surface area contributed by atoms with Crippen LogP contribution in [0.2, 0.25) is 0 Å². The molecule has 10 nitrogen and oxygen atoms in total. The Morgan fingerprint density at radius 3 is 2.54 bits per heavy atom. The number of nitrogens with zero attached hydrogens (tertiary/aromatic N) is 1. The van der Waals surface area contributed by atoms with Gasteiger partial charge in [-0.2, -0.15) is 0 Å². The smallest absolute Gasteiger partial charge is 0.244 e. The summed E-state index contributed by atoms with van der Waals surface area (Å²) in [5.74, 6) is -0.708. The Morgan fingerprint density at radius 2 is 1.90 bits per heavy atom. The number of rotatable bonds is 10. The molecule has 0 fully saturated rings. The van der Waals surface area contributed by atoms with Gasteiger partial charge in [0, 0.05) is 23.1 Å². The van der Waals surface area contributed by atoms with Crippen LogP contribution in [0.4, 0.5) is 4.39 Å². The number of benzene rings is 2. The van der Waals surface area contributed by atoms with Gasteiger partial charge in [-0.1, -0.05) is 0 Å². The van der Waals surface area contributed by atoms with Crippen molar-refractivity contribution >= 4 is 15.8 Å². The van der Waals surface area contributed by atoms with E-state index in [4.69, 9.17) is 25.1 Å². The van der Waals surface area contributed by atoms with E-state index >= 15 is 0 Å². The van der Waals surface area contributed by atoms with E-state index in [1.807, 2.05) is 0 Å². The number of Topliss-reactive ketones (excluding diaryl/α,β-unsaturated/α-hetero) is 1. The van der Waals surface area contributed by atoms with Gasteiger partial charge in [0.05, 0.1) is 18.3 Å². The Labute approximate surface area is 225 Å². The number of methoxy groups -OCH3 is 1. The minimum Gasteiger partial charge on any atom is -0.493 e. The number of halogens is 1. The number of nitrogens with two attached hydrogens (primary N) is 2. The number of ketones is 1. The highest BCUT2D eigenvalue weighted by Crippen LogP contribution is 2.44. The summed E-state index contributed by atoms with van der Waals surface area (Å²) in [6.45, 7) is 3.57. The normalized spacial score (nSPS) is 18.1. The molecule has 0 saturated heterocycles. The number of pyridine rings is 1. The number of aliphatic hydroxyl groups is 1. The van der Waals surface area contributed by atoms with Crippen molar-refractivity contribution in [2.24, 2.45) is 10.9 Å². The number of ether oxygens (including phenoxy) is 3. The lowest BCUT2D eigenvalue weighted by Crippen LogP contribution is -2.35. The summed E-state index contributed by atoms with van der Waals surface area (Å²) in [5.41, 5.74) is 6.32. The molecule has 12 heteroatoms. The van der Waals surface area contributed by atoms with Crippen LogP contribution in [0.15, 0.2) is 48.5 Å². The van der Waals surface area contributed by atoms with Gasteiger partial charge in [-0.15, -0.1) is 0 Å². The van der Waals surface area contributed by atoms with E-state index in [9.17, 15) is 22.7 Å². The summed E-state index contributed by atoms with van der Waals surface area (Å²) < 4.78 is 52.2. The van der Waals surface area contributed by atoms with E-state index in [-0.39, 0.29) is 42.3 Å². The molecule has 0 radical (unpaired) electrons. The van der Waals surface area contributed by atoms with Crippen molar-refractivity contribution in [1.82, 2.24) is 4.98 Å². The molecule has 1 aromatic heterocycles. The Bertz CT molecular complexity index is 1510. The van der Waals surface area contributed by atoms with Crippen LogP contribution in [0.3, 0.4) is 0 Å². The summed E-state index contributed by atoms with van der Waals surface area (Å²) in [5, 5.41) is 16.4. The summed E-state index contributed by atoms with van der Waals surface area (Å²) >= 11 is 0. The third-order valence-electron chi connectivity index (χ3n) is 6.48. The quantitative estimate of drug-likeness (QED) is 0.317. The van der Waals surface area contributed by atoms with Crippen molar-refractivity contribution in [1.29, 1.82) is 0 Å². The van der Waals surface area contributed by atoms with Gasteiger partial charge in [0.1, 0.15) is 23.7 Å². The second-order valence-electron chi connectivity index (χ2n) is 9.93. The Balaban J connectivity index is 1.58. The first kappa shape index (κ1) is 28.4. The average Bonchev–Trinajstić information content (AvgIpc) is 3.20. The summed E-state index contributed by atoms with van der Waals surface area (Å²) in [4.78, 5) is 17.7. The highest BCUT2D eigenvalue weighted by Gasteiger charge is 2.38. The number of hydrogen-bond donors (Lipinski definition) is 3. The minimum absolute atomic E-state index is 0.0224. The molecule has 2 atom stereocenters. The molecular formula is C27H30FN3O7S. The van der Waals surface area contributed by atoms with Gasteiger partial charge in [-0.3, -0.25) is 4.79 Å². The zero-order valence-electron chi connectivity index (χ0n) is 21.7. The fourth-order valence-corrected chi connectivity index (χ4v) is 4.51. The van der Waals surface area contributed by atoms with Gasteiger partial charge >= 0.3 is 0 Å². The maximum Gasteiger partial charge on any atom is 0.244 e. The summed E-state index contributed by atoms with van der Waals surface area (Å²) in [7, 11) is -2.52. The lowest BCUT2D eigenvalue weighted by Gasteiger charge is -2.25. The molecule has 2 aromatic carbocycles. The van der Waals surface area contributed by atoms with Gasteiger partial charge in [0.15, 0.2) is 23.0 Å². The fourth-order valence-electron chi connectivity index (χ4n) is 4.22. The monoisotopic (exact) mass is 559 g/mol. The molecule has 1 aliphatic heterocycles. The summed E-state index contributed by atoms with van der Waals surface area (Å²) in [6.07, 6.45) is -0.0246. The first-order valence-corrected chi connectivity index (χ1v) is 13.7. The molecule has 4 rings (SSSR count). The summed E-state index contributed by atoms with van der Waals surface area (Å²) in [6, 6.07) is 11.7. The zero-order valence-corrected chi connectivity index (χ0v) is 22.5. The number of sulfonamides is 1. The minimum atomic E-state index is -3.87. The highest BCUT2D eigenvalue weighted by molar-refractivity contribution is 7.88. The van der Waals surface area contributed by atoms with E-state index in [2.05, 4.69) is 4.98 Å². The molecule has 208 valence electrons. The highest BCUT2D eigenvalue weighted by atomic mass is 32.2. The first-order chi connectivity index (χ1) is 18.2. The lowest BCUT2D eigenvalue weighted by atomic mass is 9.88. The fraction of sp³-hybridized carbons (Fsp3) is 0.333. The third kappa shape index (κ3) is 6.36. The van der Waals surface area contributed by atoms with Gasteiger partial charge < -0.3 is 25.1 Å². The van der Waals surface area contributed by atoms with Crippen molar-refractivity contribution < 1.29 is 36.9 Å². The molecule has 2 heterocycles. The predicted molar refractivity (Wildman–Crippen MR) is 141 cm³/mol. The van der Waals surface area contributed by atoms with E-state index in [1.165, 1.54) is 37.4 Å². The molecule has 3 aromatic rings. The standard InChI is InChI=1S/C27H30FN3O7S/c1-26(29)14-37-25-19(26)13-23(31-24(25)16-4-7-18(28)8-5-16)27(2,33)11-10-20(32)17-6-9-21(22(12-17)36-3)38-15-39(30,34)35/h4-9,12-13,33H,10-11,14-15,29H2,1-3H3,(H2,30,34,35). The maximum atomic E-state index is 13.6. The van der Waals surface area contributed by atoms with Crippen LogP contribution in [0.25, 0.3) is 11.3 Å². The number of carbonyl (C=O) groups is 1. The predicted octanol–water partition coefficient (Wildman–Crippen LogP) is 2.96. The van der Waals surface area contributed by atoms with Crippen LogP contribution < -0.4 is 25.1 Å². The molecule has 5 N–H and O–H groups in total. The van der Waals surface area contributed by atoms with E-state index in [0.29, 0.717) is 28.3 Å². The molecular weight excluding hydrogens is 529 g/mol. The second kappa shape index (κ2) is 10.5. The molecule has 2 unspecified atom stereocenters. The van der Waals surface area contributed by atoms with Crippen molar-refractivity contribution in [2.45, 2.75) is 37.8 Å². The van der Waals surface area contributed by atoms with Crippen LogP contribution in [0, 0.1) is 5.82 Å². The van der Waals surface area contributed by atoms with Crippen LogP contribution in [0.1, 0.15) is 48.3 Å². The number of primary sulfonamides is 1. The molecule has 0 saturated carbocycles. The molecule has 1 aliphatic rings. The second-order valence-corrected chi connectivity index (χ2v) is 11.5. The number of hydrogen-bond acceptors (Lipinski definition) is 9. The van der Waals surface area contributed by atoms with Crippen LogP contribution in [0.5, 0.6) is 17.2 Å². The van der Waals surface area contributed by atoms with Gasteiger partial charge in [0.2, 0.25) is 16.0 Å². The van der Waals surface area contributed by atoms with Crippen LogP contribution >= 0.6 is 0 Å². The number of carbonyl (C=O) groups excluding carboxylic acids is 1.